The number of carbonyl (C=O) groups is 2. The minimum atomic E-state index is -0.781. The molecule has 122 valence electrons. The third-order valence-corrected chi connectivity index (χ3v) is 5.43. The van der Waals surface area contributed by atoms with Crippen molar-refractivity contribution in [2.24, 2.45) is 11.8 Å². The molecule has 1 aromatic rings. The molecule has 23 heavy (non-hydrogen) atoms. The van der Waals surface area contributed by atoms with E-state index in [1.807, 2.05) is 24.3 Å². The normalized spacial score (nSPS) is 34.5. The van der Waals surface area contributed by atoms with E-state index in [2.05, 4.69) is 5.32 Å². The summed E-state index contributed by atoms with van der Waals surface area (Å²) in [7, 11) is 0. The Bertz CT molecular complexity index is 658. The van der Waals surface area contributed by atoms with Gasteiger partial charge in [-0.25, -0.2) is 0 Å². The molecule has 0 radical (unpaired) electrons. The second kappa shape index (κ2) is 5.25. The molecule has 1 amide bonds. The van der Waals surface area contributed by atoms with Crippen molar-refractivity contribution in [3.8, 4) is 5.75 Å². The minimum absolute atomic E-state index is 0.123. The van der Waals surface area contributed by atoms with Crippen molar-refractivity contribution in [1.82, 2.24) is 5.32 Å². The molecular formula is C18H21NO4. The molecule has 1 saturated carbocycles. The van der Waals surface area contributed by atoms with Gasteiger partial charge in [0.1, 0.15) is 11.7 Å². The number of fused-ring (bicyclic) bond motifs is 2. The van der Waals surface area contributed by atoms with E-state index in [1.54, 1.807) is 6.92 Å². The second-order valence-electron chi connectivity index (χ2n) is 6.63. The summed E-state index contributed by atoms with van der Waals surface area (Å²) in [6.45, 7) is 2.05. The Morgan fingerprint density at radius 3 is 3.04 bits per heavy atom. The molecular weight excluding hydrogens is 294 g/mol. The summed E-state index contributed by atoms with van der Waals surface area (Å²) in [6, 6.07) is 7.76. The van der Waals surface area contributed by atoms with Gasteiger partial charge in [0, 0.05) is 18.3 Å². The first-order valence-corrected chi connectivity index (χ1v) is 8.43. The van der Waals surface area contributed by atoms with E-state index < -0.39 is 17.6 Å². The topological polar surface area (TPSA) is 64.6 Å². The van der Waals surface area contributed by atoms with Gasteiger partial charge in [-0.3, -0.25) is 9.59 Å². The van der Waals surface area contributed by atoms with Crippen molar-refractivity contribution < 1.29 is 19.1 Å². The molecule has 5 heteroatoms. The number of amides is 1. The standard InChI is InChI=1S/C18H21NO4/c1-2-22-17(21)15-14-11-7-3-4-9-13(11)23-18(19-16(15)20)10-6-5-8-12(14)18/h3-4,7,9,12,14-15H,2,5-6,8,10H2,1H3,(H,19,20)/t12-,14+,15+,18+/m0/s1. The van der Waals surface area contributed by atoms with Gasteiger partial charge in [-0.15, -0.1) is 0 Å². The molecule has 4 rings (SSSR count). The van der Waals surface area contributed by atoms with Crippen molar-refractivity contribution >= 4 is 11.9 Å². The second-order valence-corrected chi connectivity index (χ2v) is 6.63. The van der Waals surface area contributed by atoms with Crippen molar-refractivity contribution in [2.75, 3.05) is 6.61 Å². The van der Waals surface area contributed by atoms with Crippen LogP contribution in [0.25, 0.3) is 0 Å². The number of para-hydroxylation sites is 1. The summed E-state index contributed by atoms with van der Waals surface area (Å²) in [6.07, 6.45) is 3.87. The van der Waals surface area contributed by atoms with Gasteiger partial charge in [0.2, 0.25) is 5.91 Å². The number of benzene rings is 1. The van der Waals surface area contributed by atoms with Crippen LogP contribution in [0, 0.1) is 11.8 Å². The van der Waals surface area contributed by atoms with Crippen LogP contribution in [-0.2, 0) is 14.3 Å². The number of hydrogen-bond acceptors (Lipinski definition) is 4. The number of ether oxygens (including phenoxy) is 2. The molecule has 2 heterocycles. The van der Waals surface area contributed by atoms with Gasteiger partial charge in [-0.1, -0.05) is 24.6 Å². The third kappa shape index (κ3) is 2.06. The van der Waals surface area contributed by atoms with Gasteiger partial charge < -0.3 is 14.8 Å². The summed E-state index contributed by atoms with van der Waals surface area (Å²) in [5, 5.41) is 3.03. The van der Waals surface area contributed by atoms with Gasteiger partial charge in [0.25, 0.3) is 0 Å². The van der Waals surface area contributed by atoms with Gasteiger partial charge >= 0.3 is 5.97 Å². The van der Waals surface area contributed by atoms with Crippen LogP contribution in [0.1, 0.15) is 44.1 Å². The number of hydrogen-bond donors (Lipinski definition) is 1. The van der Waals surface area contributed by atoms with Crippen LogP contribution < -0.4 is 10.1 Å². The summed E-state index contributed by atoms with van der Waals surface area (Å²) in [4.78, 5) is 25.2. The highest BCUT2D eigenvalue weighted by molar-refractivity contribution is 6.00. The lowest BCUT2D eigenvalue weighted by Gasteiger charge is -2.55. The van der Waals surface area contributed by atoms with Crippen LogP contribution in [0.3, 0.4) is 0 Å². The molecule has 1 N–H and O–H groups in total. The lowest BCUT2D eigenvalue weighted by atomic mass is 9.62. The Hall–Kier alpha value is -2.04. The van der Waals surface area contributed by atoms with Crippen LogP contribution in [0.4, 0.5) is 0 Å². The maximum atomic E-state index is 12.7. The molecule has 0 aromatic heterocycles. The number of esters is 1. The zero-order valence-electron chi connectivity index (χ0n) is 13.2. The minimum Gasteiger partial charge on any atom is -0.467 e. The molecule has 4 atom stereocenters. The van der Waals surface area contributed by atoms with Crippen LogP contribution in [0.15, 0.2) is 24.3 Å². The van der Waals surface area contributed by atoms with E-state index in [-0.39, 0.29) is 24.3 Å². The van der Waals surface area contributed by atoms with Gasteiger partial charge in [-0.05, 0) is 31.4 Å². The predicted molar refractivity (Wildman–Crippen MR) is 82.8 cm³/mol. The molecule has 2 aliphatic heterocycles. The average molecular weight is 315 g/mol. The van der Waals surface area contributed by atoms with Crippen LogP contribution in [0.2, 0.25) is 0 Å². The van der Waals surface area contributed by atoms with E-state index in [4.69, 9.17) is 9.47 Å². The first-order chi connectivity index (χ1) is 11.2. The van der Waals surface area contributed by atoms with E-state index in [9.17, 15) is 9.59 Å². The Kier molecular flexibility index (Phi) is 3.32. The fraction of sp³-hybridized carbons (Fsp3) is 0.556. The molecule has 2 fully saturated rings. The highest BCUT2D eigenvalue weighted by Gasteiger charge is 2.61. The molecule has 0 spiro atoms. The summed E-state index contributed by atoms with van der Waals surface area (Å²) in [5.74, 6) is -0.723. The monoisotopic (exact) mass is 315 g/mol. The summed E-state index contributed by atoms with van der Waals surface area (Å²) < 4.78 is 11.5. The first kappa shape index (κ1) is 14.5. The molecule has 1 aliphatic carbocycles. The van der Waals surface area contributed by atoms with Crippen LogP contribution in [0.5, 0.6) is 5.75 Å². The largest absolute Gasteiger partial charge is 0.467 e. The zero-order chi connectivity index (χ0) is 16.0. The van der Waals surface area contributed by atoms with E-state index in [1.165, 1.54) is 0 Å². The summed E-state index contributed by atoms with van der Waals surface area (Å²) >= 11 is 0. The number of nitrogens with one attached hydrogen (secondary N) is 1. The highest BCUT2D eigenvalue weighted by Crippen LogP contribution is 2.55. The van der Waals surface area contributed by atoms with Crippen LogP contribution >= 0.6 is 0 Å². The lowest BCUT2D eigenvalue weighted by Crippen LogP contribution is -2.69. The van der Waals surface area contributed by atoms with Crippen molar-refractivity contribution in [1.29, 1.82) is 0 Å². The molecule has 3 aliphatic rings. The van der Waals surface area contributed by atoms with Gasteiger partial charge in [0.15, 0.2) is 5.72 Å². The Labute approximate surface area is 135 Å². The van der Waals surface area contributed by atoms with Crippen molar-refractivity contribution in [3.63, 3.8) is 0 Å². The highest BCUT2D eigenvalue weighted by atomic mass is 16.5. The molecule has 1 saturated heterocycles. The number of rotatable bonds is 2. The Balaban J connectivity index is 1.85. The Morgan fingerprint density at radius 1 is 1.39 bits per heavy atom. The first-order valence-electron chi connectivity index (χ1n) is 8.43. The number of piperidine rings is 1. The third-order valence-electron chi connectivity index (χ3n) is 5.43. The summed E-state index contributed by atoms with van der Waals surface area (Å²) in [5.41, 5.74) is 0.306. The molecule has 1 aromatic carbocycles. The van der Waals surface area contributed by atoms with Crippen LogP contribution in [-0.4, -0.2) is 24.2 Å². The van der Waals surface area contributed by atoms with Crippen molar-refractivity contribution in [2.45, 2.75) is 44.2 Å². The zero-order valence-corrected chi connectivity index (χ0v) is 13.2. The SMILES string of the molecule is CCOC(=O)[C@H]1C(=O)N[C@@]23CCCC[C@H]2[C@H]1c1ccccc1O3. The average Bonchev–Trinajstić information content (AvgIpc) is 2.54. The van der Waals surface area contributed by atoms with Gasteiger partial charge in [-0.2, -0.15) is 0 Å². The Morgan fingerprint density at radius 2 is 2.22 bits per heavy atom. The molecule has 2 bridgehead atoms. The van der Waals surface area contributed by atoms with Crippen molar-refractivity contribution in [3.05, 3.63) is 29.8 Å². The van der Waals surface area contributed by atoms with E-state index in [0.717, 1.165) is 37.0 Å². The maximum Gasteiger partial charge on any atom is 0.319 e. The molecule has 0 unspecified atom stereocenters. The fourth-order valence-corrected chi connectivity index (χ4v) is 4.56. The predicted octanol–water partition coefficient (Wildman–Crippen LogP) is 2.36. The lowest BCUT2D eigenvalue weighted by molar-refractivity contribution is -0.171. The van der Waals surface area contributed by atoms with Gasteiger partial charge in [0.05, 0.1) is 6.61 Å². The smallest absolute Gasteiger partial charge is 0.319 e. The van der Waals surface area contributed by atoms with E-state index >= 15 is 0 Å². The maximum absolute atomic E-state index is 12.7. The van der Waals surface area contributed by atoms with E-state index in [0.29, 0.717) is 0 Å². The number of carbonyl (C=O) groups excluding carboxylic acids is 2. The fourth-order valence-electron chi connectivity index (χ4n) is 4.56. The molecule has 5 nitrogen and oxygen atoms in total. The quantitative estimate of drug-likeness (QED) is 0.672.